The zero-order chi connectivity index (χ0) is 18.1. The Labute approximate surface area is 136 Å². The number of aryl methyl sites for hydroxylation is 1. The number of rotatable bonds is 5. The number of ketones is 1. The normalized spacial score (nSPS) is 11.5. The minimum atomic E-state index is -4.57. The Morgan fingerprint density at radius 2 is 1.96 bits per heavy atom. The van der Waals surface area contributed by atoms with Crippen LogP contribution in [-0.2, 0) is 19.3 Å². The molecule has 0 aliphatic rings. The molecule has 2 rings (SSSR count). The molecule has 0 atom stereocenters. The van der Waals surface area contributed by atoms with E-state index in [2.05, 4.69) is 6.58 Å². The van der Waals surface area contributed by atoms with E-state index in [1.54, 1.807) is 19.1 Å². The lowest BCUT2D eigenvalue weighted by Gasteiger charge is -2.10. The minimum Gasteiger partial charge on any atom is -0.345 e. The van der Waals surface area contributed by atoms with E-state index in [1.165, 1.54) is 0 Å². The van der Waals surface area contributed by atoms with E-state index in [4.69, 9.17) is 0 Å². The molecule has 2 aromatic rings. The highest BCUT2D eigenvalue weighted by Crippen LogP contribution is 2.28. The number of carbonyl (C=O) groups excluding carboxylic acids is 1. The van der Waals surface area contributed by atoms with Crippen LogP contribution in [-0.4, -0.2) is 14.9 Å². The van der Waals surface area contributed by atoms with Gasteiger partial charge in [-0.15, -0.1) is 6.58 Å². The van der Waals surface area contributed by atoms with Gasteiger partial charge in [-0.05, 0) is 26.0 Å². The molecular formula is C17H17F3N2O2. The molecule has 2 aromatic heterocycles. The van der Waals surface area contributed by atoms with E-state index in [9.17, 15) is 22.8 Å². The fourth-order valence-corrected chi connectivity index (χ4v) is 2.56. The molecule has 24 heavy (non-hydrogen) atoms. The van der Waals surface area contributed by atoms with Gasteiger partial charge in [0.2, 0.25) is 0 Å². The number of Topliss-reactive ketones (excluding diaryl/α,β-unsaturated/α-hetero) is 1. The van der Waals surface area contributed by atoms with Crippen molar-refractivity contribution < 1.29 is 18.0 Å². The van der Waals surface area contributed by atoms with Gasteiger partial charge in [0.05, 0.1) is 12.1 Å². The second kappa shape index (κ2) is 6.51. The maximum Gasteiger partial charge on any atom is 0.417 e. The topological polar surface area (TPSA) is 44.0 Å². The summed E-state index contributed by atoms with van der Waals surface area (Å²) < 4.78 is 40.9. The molecule has 0 saturated carbocycles. The molecule has 0 radical (unpaired) electrons. The molecule has 0 fully saturated rings. The molecule has 0 amide bonds. The van der Waals surface area contributed by atoms with Gasteiger partial charge in [-0.1, -0.05) is 6.08 Å². The quantitative estimate of drug-likeness (QED) is 0.620. The third kappa shape index (κ3) is 3.50. The lowest BCUT2D eigenvalue weighted by atomic mass is 10.1. The molecule has 128 valence electrons. The van der Waals surface area contributed by atoms with Gasteiger partial charge in [0.1, 0.15) is 0 Å². The van der Waals surface area contributed by atoms with E-state index >= 15 is 0 Å². The predicted octanol–water partition coefficient (Wildman–Crippen LogP) is 3.35. The number of hydrogen-bond donors (Lipinski definition) is 0. The number of pyridine rings is 1. The Hall–Kier alpha value is -2.57. The monoisotopic (exact) mass is 338 g/mol. The Bertz CT molecular complexity index is 844. The summed E-state index contributed by atoms with van der Waals surface area (Å²) in [5.74, 6) is -0.417. The largest absolute Gasteiger partial charge is 0.417 e. The van der Waals surface area contributed by atoms with E-state index in [1.807, 2.05) is 11.5 Å². The molecule has 0 unspecified atom stereocenters. The van der Waals surface area contributed by atoms with Crippen LogP contribution in [0.25, 0.3) is 0 Å². The zero-order valence-electron chi connectivity index (χ0n) is 13.4. The zero-order valence-corrected chi connectivity index (χ0v) is 13.4. The van der Waals surface area contributed by atoms with Crippen LogP contribution in [0, 0.1) is 13.8 Å². The highest BCUT2D eigenvalue weighted by molar-refractivity contribution is 5.97. The molecule has 0 bridgehead atoms. The van der Waals surface area contributed by atoms with Crippen LogP contribution in [0.5, 0.6) is 0 Å². The van der Waals surface area contributed by atoms with Crippen molar-refractivity contribution in [3.8, 4) is 0 Å². The lowest BCUT2D eigenvalue weighted by Crippen LogP contribution is -2.25. The van der Waals surface area contributed by atoms with Crippen molar-refractivity contribution in [1.29, 1.82) is 0 Å². The summed E-state index contributed by atoms with van der Waals surface area (Å²) in [7, 11) is 0. The molecule has 0 spiro atoms. The second-order valence-corrected chi connectivity index (χ2v) is 5.49. The van der Waals surface area contributed by atoms with Gasteiger partial charge in [-0.2, -0.15) is 13.2 Å². The molecule has 0 saturated heterocycles. The summed E-state index contributed by atoms with van der Waals surface area (Å²) in [5.41, 5.74) is 0.298. The summed E-state index contributed by atoms with van der Waals surface area (Å²) in [4.78, 5) is 24.2. The molecule has 4 nitrogen and oxygen atoms in total. The van der Waals surface area contributed by atoms with Crippen molar-refractivity contribution in [1.82, 2.24) is 9.13 Å². The number of nitrogens with zero attached hydrogens (tertiary/aromatic N) is 2. The Balaban J connectivity index is 2.36. The van der Waals surface area contributed by atoms with Gasteiger partial charge >= 0.3 is 6.18 Å². The lowest BCUT2D eigenvalue weighted by molar-refractivity contribution is -0.138. The first kappa shape index (κ1) is 17.8. The van der Waals surface area contributed by atoms with Crippen molar-refractivity contribution in [3.63, 3.8) is 0 Å². The highest BCUT2D eigenvalue weighted by Gasteiger charge is 2.31. The molecule has 0 N–H and O–H groups in total. The molecule has 0 aliphatic carbocycles. The van der Waals surface area contributed by atoms with Crippen molar-refractivity contribution in [2.45, 2.75) is 33.1 Å². The van der Waals surface area contributed by atoms with Crippen molar-refractivity contribution in [2.24, 2.45) is 0 Å². The average Bonchev–Trinajstić information content (AvgIpc) is 2.77. The van der Waals surface area contributed by atoms with Gasteiger partial charge in [0, 0.05) is 35.8 Å². The van der Waals surface area contributed by atoms with Gasteiger partial charge in [-0.3, -0.25) is 9.59 Å². The number of aromatic nitrogens is 2. The SMILES string of the molecule is C=CCn1c(C)cc(C(=O)Cn2cc(C(F)(F)F)ccc2=O)c1C. The van der Waals surface area contributed by atoms with Crippen LogP contribution in [0.2, 0.25) is 0 Å². The van der Waals surface area contributed by atoms with E-state index in [-0.39, 0.29) is 0 Å². The first-order chi connectivity index (χ1) is 11.1. The number of hydrogen-bond acceptors (Lipinski definition) is 2. The molecule has 0 aromatic carbocycles. The van der Waals surface area contributed by atoms with Crippen LogP contribution >= 0.6 is 0 Å². The van der Waals surface area contributed by atoms with Gasteiger partial charge in [0.15, 0.2) is 5.78 Å². The standard InChI is InChI=1S/C17H17F3N2O2/c1-4-7-22-11(2)8-14(12(22)3)15(23)10-21-9-13(17(18,19)20)5-6-16(21)24/h4-6,8-9H,1,7,10H2,2-3H3. The second-order valence-electron chi connectivity index (χ2n) is 5.49. The molecular weight excluding hydrogens is 321 g/mol. The summed E-state index contributed by atoms with van der Waals surface area (Å²) >= 11 is 0. The maximum absolute atomic E-state index is 12.8. The van der Waals surface area contributed by atoms with Crippen LogP contribution in [0.3, 0.4) is 0 Å². The smallest absolute Gasteiger partial charge is 0.345 e. The third-order valence-corrected chi connectivity index (χ3v) is 3.81. The summed E-state index contributed by atoms with van der Waals surface area (Å²) in [6, 6.07) is 3.19. The maximum atomic E-state index is 12.8. The average molecular weight is 338 g/mol. The van der Waals surface area contributed by atoms with Crippen LogP contribution in [0.1, 0.15) is 27.3 Å². The predicted molar refractivity (Wildman–Crippen MR) is 84.1 cm³/mol. The van der Waals surface area contributed by atoms with E-state index in [0.717, 1.165) is 16.3 Å². The van der Waals surface area contributed by atoms with E-state index < -0.39 is 29.6 Å². The van der Waals surface area contributed by atoms with Crippen LogP contribution in [0.4, 0.5) is 13.2 Å². The van der Waals surface area contributed by atoms with Gasteiger partial charge in [-0.25, -0.2) is 0 Å². The number of allylic oxidation sites excluding steroid dienone is 1. The van der Waals surface area contributed by atoms with Gasteiger partial charge < -0.3 is 9.13 Å². The molecule has 2 heterocycles. The first-order valence-electron chi connectivity index (χ1n) is 7.23. The number of halogens is 3. The van der Waals surface area contributed by atoms with Crippen molar-refractivity contribution in [2.75, 3.05) is 0 Å². The summed E-state index contributed by atoms with van der Waals surface area (Å²) in [6.45, 7) is 7.30. The molecule has 0 aliphatic heterocycles. The van der Waals surface area contributed by atoms with E-state index in [0.29, 0.717) is 30.1 Å². The summed E-state index contributed by atoms with van der Waals surface area (Å²) in [6.07, 6.45) is -2.22. The van der Waals surface area contributed by atoms with Gasteiger partial charge in [0.25, 0.3) is 5.56 Å². The Morgan fingerprint density at radius 3 is 2.54 bits per heavy atom. The Kier molecular flexibility index (Phi) is 4.82. The third-order valence-electron chi connectivity index (χ3n) is 3.81. The Morgan fingerprint density at radius 1 is 1.29 bits per heavy atom. The summed E-state index contributed by atoms with van der Waals surface area (Å²) in [5, 5.41) is 0. The fourth-order valence-electron chi connectivity index (χ4n) is 2.56. The minimum absolute atomic E-state index is 0.388. The first-order valence-corrected chi connectivity index (χ1v) is 7.23. The van der Waals surface area contributed by atoms with Crippen LogP contribution in [0.15, 0.2) is 41.8 Å². The van der Waals surface area contributed by atoms with Crippen molar-refractivity contribution in [3.05, 3.63) is 69.9 Å². The van der Waals surface area contributed by atoms with Crippen molar-refractivity contribution >= 4 is 5.78 Å². The van der Waals surface area contributed by atoms with Crippen LogP contribution < -0.4 is 5.56 Å². The number of carbonyl (C=O) groups is 1. The molecule has 7 heteroatoms. The fraction of sp³-hybridized carbons (Fsp3) is 0.294. The highest BCUT2D eigenvalue weighted by atomic mass is 19.4. The number of alkyl halides is 3.